The van der Waals surface area contributed by atoms with Gasteiger partial charge in [-0.05, 0) is 44.1 Å². The van der Waals surface area contributed by atoms with Gasteiger partial charge in [-0.1, -0.05) is 13.0 Å². The molecule has 0 bridgehead atoms. The van der Waals surface area contributed by atoms with E-state index in [-0.39, 0.29) is 5.91 Å². The van der Waals surface area contributed by atoms with Gasteiger partial charge in [-0.25, -0.2) is 0 Å². The zero-order valence-corrected chi connectivity index (χ0v) is 12.8. The molecule has 2 aromatic rings. The molecule has 21 heavy (non-hydrogen) atoms. The summed E-state index contributed by atoms with van der Waals surface area (Å²) in [5.41, 5.74) is 1.81. The Morgan fingerprint density at radius 3 is 3.10 bits per heavy atom. The highest BCUT2D eigenvalue weighted by molar-refractivity contribution is 6.06. The lowest BCUT2D eigenvalue weighted by Gasteiger charge is -2.28. The Balaban J connectivity index is 1.77. The van der Waals surface area contributed by atoms with Crippen LogP contribution in [0.3, 0.4) is 0 Å². The van der Waals surface area contributed by atoms with E-state index in [1.165, 1.54) is 12.8 Å². The first-order valence-corrected chi connectivity index (χ1v) is 7.76. The summed E-state index contributed by atoms with van der Waals surface area (Å²) in [7, 11) is 1.92. The number of carbonyl (C=O) groups excluding carboxylic acids is 1. The van der Waals surface area contributed by atoms with Gasteiger partial charge in [-0.2, -0.15) is 0 Å². The summed E-state index contributed by atoms with van der Waals surface area (Å²) in [6.07, 6.45) is 4.32. The monoisotopic (exact) mass is 285 g/mol. The summed E-state index contributed by atoms with van der Waals surface area (Å²) in [6, 6.07) is 8.34. The number of aromatic amines is 1. The van der Waals surface area contributed by atoms with E-state index in [0.717, 1.165) is 36.1 Å². The van der Waals surface area contributed by atoms with Gasteiger partial charge in [-0.15, -0.1) is 0 Å². The van der Waals surface area contributed by atoms with Crippen molar-refractivity contribution in [3.05, 3.63) is 36.0 Å². The molecule has 0 saturated carbocycles. The first kappa shape index (κ1) is 14.1. The van der Waals surface area contributed by atoms with Crippen molar-refractivity contribution in [1.29, 1.82) is 0 Å². The number of amides is 1. The summed E-state index contributed by atoms with van der Waals surface area (Å²) in [5.74, 6) is 0.114. The molecule has 1 unspecified atom stereocenters. The Labute approximate surface area is 125 Å². The maximum absolute atomic E-state index is 12.7. The molecule has 1 aliphatic rings. The van der Waals surface area contributed by atoms with Gasteiger partial charge in [0.1, 0.15) is 0 Å². The van der Waals surface area contributed by atoms with Crippen molar-refractivity contribution < 1.29 is 4.79 Å². The van der Waals surface area contributed by atoms with E-state index in [9.17, 15) is 4.79 Å². The molecule has 1 saturated heterocycles. The van der Waals surface area contributed by atoms with Crippen molar-refractivity contribution in [3.63, 3.8) is 0 Å². The average Bonchev–Trinajstić information content (AvgIpc) is 3.14. The predicted octanol–water partition coefficient (Wildman–Crippen LogP) is 2.72. The van der Waals surface area contributed by atoms with Crippen LogP contribution in [0.25, 0.3) is 10.9 Å². The van der Waals surface area contributed by atoms with Crippen LogP contribution < -0.4 is 0 Å². The number of carbonyl (C=O) groups is 1. The Hall–Kier alpha value is -1.81. The van der Waals surface area contributed by atoms with Crippen LogP contribution in [0.15, 0.2) is 30.5 Å². The van der Waals surface area contributed by atoms with Crippen LogP contribution in [0.5, 0.6) is 0 Å². The second-order valence-corrected chi connectivity index (χ2v) is 5.85. The zero-order chi connectivity index (χ0) is 14.8. The minimum Gasteiger partial charge on any atom is -0.361 e. The van der Waals surface area contributed by atoms with Crippen LogP contribution in [0.1, 0.15) is 30.1 Å². The molecule has 112 valence electrons. The lowest BCUT2D eigenvalue weighted by molar-refractivity contribution is 0.0756. The van der Waals surface area contributed by atoms with E-state index in [1.807, 2.05) is 42.4 Å². The molecule has 0 aliphatic carbocycles. The number of nitrogens with one attached hydrogen (secondary N) is 1. The second-order valence-electron chi connectivity index (χ2n) is 5.85. The molecular weight excluding hydrogens is 262 g/mol. The molecule has 1 N–H and O–H groups in total. The summed E-state index contributed by atoms with van der Waals surface area (Å²) >= 11 is 0. The van der Waals surface area contributed by atoms with Gasteiger partial charge >= 0.3 is 0 Å². The number of hydrogen-bond acceptors (Lipinski definition) is 2. The zero-order valence-electron chi connectivity index (χ0n) is 12.8. The molecule has 0 radical (unpaired) electrons. The lowest BCUT2D eigenvalue weighted by Crippen LogP contribution is -2.41. The molecule has 1 atom stereocenters. The van der Waals surface area contributed by atoms with E-state index in [0.29, 0.717) is 6.04 Å². The molecule has 0 spiro atoms. The van der Waals surface area contributed by atoms with Gasteiger partial charge in [0.25, 0.3) is 5.91 Å². The third kappa shape index (κ3) is 2.68. The van der Waals surface area contributed by atoms with Crippen molar-refractivity contribution in [2.45, 2.75) is 25.8 Å². The first-order chi connectivity index (χ1) is 10.2. The Bertz CT molecular complexity index is 634. The highest BCUT2D eigenvalue weighted by Gasteiger charge is 2.26. The van der Waals surface area contributed by atoms with Crippen LogP contribution in [-0.4, -0.2) is 53.4 Å². The van der Waals surface area contributed by atoms with Gasteiger partial charge in [0, 0.05) is 42.3 Å². The number of likely N-dealkylation sites (tertiary alicyclic amines) is 1. The SMILES string of the molecule is CCN1CCCC1CN(C)C(=O)c1cccc2[nH]ccc12. The number of fused-ring (bicyclic) bond motifs is 1. The number of rotatable bonds is 4. The maximum Gasteiger partial charge on any atom is 0.254 e. The molecule has 3 rings (SSSR count). The van der Waals surface area contributed by atoms with E-state index in [1.54, 1.807) is 0 Å². The quantitative estimate of drug-likeness (QED) is 0.938. The summed E-state index contributed by atoms with van der Waals surface area (Å²) in [6.45, 7) is 5.24. The fraction of sp³-hybridized carbons (Fsp3) is 0.471. The number of H-pyrrole nitrogens is 1. The molecular formula is C17H23N3O. The smallest absolute Gasteiger partial charge is 0.254 e. The first-order valence-electron chi connectivity index (χ1n) is 7.76. The number of nitrogens with zero attached hydrogens (tertiary/aromatic N) is 2. The molecule has 2 heterocycles. The Morgan fingerprint density at radius 2 is 2.29 bits per heavy atom. The van der Waals surface area contributed by atoms with Crippen molar-refractivity contribution in [2.75, 3.05) is 26.7 Å². The topological polar surface area (TPSA) is 39.3 Å². The van der Waals surface area contributed by atoms with Crippen molar-refractivity contribution in [2.24, 2.45) is 0 Å². The fourth-order valence-corrected chi connectivity index (χ4v) is 3.39. The highest BCUT2D eigenvalue weighted by Crippen LogP contribution is 2.21. The van der Waals surface area contributed by atoms with Crippen molar-refractivity contribution >= 4 is 16.8 Å². The maximum atomic E-state index is 12.7. The van der Waals surface area contributed by atoms with Gasteiger partial charge in [0.15, 0.2) is 0 Å². The second kappa shape index (κ2) is 5.90. The van der Waals surface area contributed by atoms with E-state index < -0.39 is 0 Å². The van der Waals surface area contributed by atoms with E-state index in [2.05, 4.69) is 16.8 Å². The standard InChI is InChI=1S/C17H23N3O/c1-3-20-11-5-6-13(20)12-19(2)17(21)15-7-4-8-16-14(15)9-10-18-16/h4,7-10,13,18H,3,5-6,11-12H2,1-2H3. The van der Waals surface area contributed by atoms with Gasteiger partial charge in [-0.3, -0.25) is 9.69 Å². The van der Waals surface area contributed by atoms with Crippen LogP contribution >= 0.6 is 0 Å². The molecule has 4 heteroatoms. The molecule has 1 aliphatic heterocycles. The summed E-state index contributed by atoms with van der Waals surface area (Å²) in [4.78, 5) is 20.2. The van der Waals surface area contributed by atoms with Crippen LogP contribution in [0, 0.1) is 0 Å². The molecule has 1 amide bonds. The minimum atomic E-state index is 0.114. The molecule has 1 aromatic carbocycles. The summed E-state index contributed by atoms with van der Waals surface area (Å²) < 4.78 is 0. The molecule has 1 fully saturated rings. The Morgan fingerprint density at radius 1 is 1.43 bits per heavy atom. The van der Waals surface area contributed by atoms with E-state index >= 15 is 0 Å². The highest BCUT2D eigenvalue weighted by atomic mass is 16.2. The Kier molecular flexibility index (Phi) is 3.97. The molecule has 1 aromatic heterocycles. The lowest BCUT2D eigenvalue weighted by atomic mass is 10.1. The van der Waals surface area contributed by atoms with Gasteiger partial charge in [0.2, 0.25) is 0 Å². The van der Waals surface area contributed by atoms with Crippen molar-refractivity contribution in [1.82, 2.24) is 14.8 Å². The third-order valence-electron chi connectivity index (χ3n) is 4.56. The minimum absolute atomic E-state index is 0.114. The van der Waals surface area contributed by atoms with Crippen LogP contribution in [-0.2, 0) is 0 Å². The van der Waals surface area contributed by atoms with E-state index in [4.69, 9.17) is 0 Å². The normalized spacial score (nSPS) is 19.2. The fourth-order valence-electron chi connectivity index (χ4n) is 3.39. The number of benzene rings is 1. The van der Waals surface area contributed by atoms with Gasteiger partial charge < -0.3 is 9.88 Å². The molecule has 4 nitrogen and oxygen atoms in total. The summed E-state index contributed by atoms with van der Waals surface area (Å²) in [5, 5.41) is 1.01. The van der Waals surface area contributed by atoms with Crippen molar-refractivity contribution in [3.8, 4) is 0 Å². The number of hydrogen-bond donors (Lipinski definition) is 1. The predicted molar refractivity (Wildman–Crippen MR) is 85.5 cm³/mol. The number of likely N-dealkylation sites (N-methyl/N-ethyl adjacent to an activating group) is 2. The van der Waals surface area contributed by atoms with Gasteiger partial charge in [0.05, 0.1) is 0 Å². The largest absolute Gasteiger partial charge is 0.361 e. The van der Waals surface area contributed by atoms with Crippen LogP contribution in [0.2, 0.25) is 0 Å². The number of aromatic nitrogens is 1. The third-order valence-corrected chi connectivity index (χ3v) is 4.56. The average molecular weight is 285 g/mol. The van der Waals surface area contributed by atoms with Crippen LogP contribution in [0.4, 0.5) is 0 Å².